The van der Waals surface area contributed by atoms with Crippen LogP contribution in [0.15, 0.2) is 12.3 Å². The summed E-state index contributed by atoms with van der Waals surface area (Å²) >= 11 is 5.95. The molecule has 2 aliphatic carbocycles. The topological polar surface area (TPSA) is 30.7 Å². The van der Waals surface area contributed by atoms with Crippen molar-refractivity contribution in [3.05, 3.63) is 23.7 Å². The fourth-order valence-electron chi connectivity index (χ4n) is 3.47. The van der Waals surface area contributed by atoms with Crippen LogP contribution in [0.25, 0.3) is 11.2 Å². The van der Waals surface area contributed by atoms with E-state index in [1.165, 1.54) is 31.2 Å². The first-order valence-electron chi connectivity index (χ1n) is 7.60. The Kier molecular flexibility index (Phi) is 2.81. The molecule has 0 spiro atoms. The van der Waals surface area contributed by atoms with Gasteiger partial charge in [-0.15, -0.1) is 11.6 Å². The molecule has 0 atom stereocenters. The molecule has 2 aromatic heterocycles. The molecule has 106 valence electrons. The second-order valence-corrected chi connectivity index (χ2v) is 6.92. The summed E-state index contributed by atoms with van der Waals surface area (Å²) in [6, 6.07) is 2.13. The van der Waals surface area contributed by atoms with E-state index in [-0.39, 0.29) is 0 Å². The third-order valence-corrected chi connectivity index (χ3v) is 5.12. The van der Waals surface area contributed by atoms with Gasteiger partial charge in [0.1, 0.15) is 11.3 Å². The van der Waals surface area contributed by atoms with E-state index in [0.29, 0.717) is 11.3 Å². The number of aromatic nitrogens is 3. The standard InChI is InChI=1S/C16H20ClN3/c1-11-8-13-15(18-9-11)20(14(19-13)4-7-17)10-16(5-6-16)12-2-3-12/h8-9,12H,2-7,10H2,1H3. The van der Waals surface area contributed by atoms with E-state index in [2.05, 4.69) is 22.5 Å². The highest BCUT2D eigenvalue weighted by Crippen LogP contribution is 2.62. The predicted molar refractivity (Wildman–Crippen MR) is 81.1 cm³/mol. The molecule has 0 N–H and O–H groups in total. The summed E-state index contributed by atoms with van der Waals surface area (Å²) in [6.45, 7) is 3.16. The van der Waals surface area contributed by atoms with Crippen molar-refractivity contribution >= 4 is 22.8 Å². The van der Waals surface area contributed by atoms with E-state index in [9.17, 15) is 0 Å². The van der Waals surface area contributed by atoms with E-state index in [0.717, 1.165) is 35.9 Å². The van der Waals surface area contributed by atoms with Crippen molar-refractivity contribution in [2.75, 3.05) is 5.88 Å². The van der Waals surface area contributed by atoms with E-state index in [1.807, 2.05) is 6.20 Å². The van der Waals surface area contributed by atoms with E-state index >= 15 is 0 Å². The number of halogens is 1. The van der Waals surface area contributed by atoms with Crippen LogP contribution in [0.1, 0.15) is 37.1 Å². The van der Waals surface area contributed by atoms with Gasteiger partial charge in [0, 0.05) is 25.0 Å². The number of rotatable bonds is 5. The zero-order chi connectivity index (χ0) is 13.7. The van der Waals surface area contributed by atoms with Gasteiger partial charge in [0.15, 0.2) is 5.65 Å². The maximum atomic E-state index is 5.95. The van der Waals surface area contributed by atoms with Crippen molar-refractivity contribution in [2.24, 2.45) is 11.3 Å². The lowest BCUT2D eigenvalue weighted by atomic mass is 10.0. The second kappa shape index (κ2) is 4.45. The molecule has 0 saturated heterocycles. The normalized spacial score (nSPS) is 20.5. The van der Waals surface area contributed by atoms with Gasteiger partial charge in [-0.1, -0.05) is 0 Å². The smallest absolute Gasteiger partial charge is 0.160 e. The first kappa shape index (κ1) is 12.6. The van der Waals surface area contributed by atoms with Crippen LogP contribution in [-0.4, -0.2) is 20.4 Å². The van der Waals surface area contributed by atoms with Crippen LogP contribution < -0.4 is 0 Å². The Morgan fingerprint density at radius 1 is 1.40 bits per heavy atom. The van der Waals surface area contributed by atoms with Crippen LogP contribution in [0.3, 0.4) is 0 Å². The Labute approximate surface area is 124 Å². The maximum absolute atomic E-state index is 5.95. The zero-order valence-corrected chi connectivity index (χ0v) is 12.7. The SMILES string of the molecule is Cc1cnc2c(c1)nc(CCCl)n2CC1(C2CC2)CC1. The number of aryl methyl sites for hydroxylation is 2. The first-order chi connectivity index (χ1) is 9.72. The van der Waals surface area contributed by atoms with Gasteiger partial charge in [-0.05, 0) is 55.6 Å². The molecule has 2 aromatic rings. The number of hydrogen-bond donors (Lipinski definition) is 0. The summed E-state index contributed by atoms with van der Waals surface area (Å²) in [5.41, 5.74) is 3.80. The monoisotopic (exact) mass is 289 g/mol. The molecule has 2 heterocycles. The second-order valence-electron chi connectivity index (χ2n) is 6.55. The van der Waals surface area contributed by atoms with Crippen molar-refractivity contribution in [1.29, 1.82) is 0 Å². The van der Waals surface area contributed by atoms with Crippen molar-refractivity contribution < 1.29 is 0 Å². The predicted octanol–water partition coefficient (Wildman–Crippen LogP) is 3.71. The Morgan fingerprint density at radius 3 is 2.85 bits per heavy atom. The number of hydrogen-bond acceptors (Lipinski definition) is 2. The molecule has 0 amide bonds. The largest absolute Gasteiger partial charge is 0.312 e. The van der Waals surface area contributed by atoms with Crippen LogP contribution in [0.2, 0.25) is 0 Å². The van der Waals surface area contributed by atoms with Crippen LogP contribution in [-0.2, 0) is 13.0 Å². The van der Waals surface area contributed by atoms with Crippen LogP contribution in [0, 0.1) is 18.3 Å². The summed E-state index contributed by atoms with van der Waals surface area (Å²) in [5.74, 6) is 2.69. The number of alkyl halides is 1. The Balaban J connectivity index is 1.76. The fraction of sp³-hybridized carbons (Fsp3) is 0.625. The molecule has 2 saturated carbocycles. The van der Waals surface area contributed by atoms with Crippen molar-refractivity contribution in [3.63, 3.8) is 0 Å². The molecule has 0 aliphatic heterocycles. The molecular formula is C16H20ClN3. The minimum atomic E-state index is 0.557. The summed E-state index contributed by atoms with van der Waals surface area (Å²) in [6.07, 6.45) is 8.38. The molecule has 2 aliphatic rings. The highest BCUT2D eigenvalue weighted by molar-refractivity contribution is 6.17. The average Bonchev–Trinajstić information content (AvgIpc) is 3.30. The lowest BCUT2D eigenvalue weighted by Crippen LogP contribution is -2.16. The molecule has 0 radical (unpaired) electrons. The quantitative estimate of drug-likeness (QED) is 0.786. The van der Waals surface area contributed by atoms with Crippen LogP contribution in [0.5, 0.6) is 0 Å². The van der Waals surface area contributed by atoms with Gasteiger partial charge < -0.3 is 4.57 Å². The number of imidazole rings is 1. The zero-order valence-electron chi connectivity index (χ0n) is 11.9. The molecule has 2 fully saturated rings. The Morgan fingerprint density at radius 2 is 2.20 bits per heavy atom. The lowest BCUT2D eigenvalue weighted by molar-refractivity contribution is 0.368. The molecular weight excluding hydrogens is 270 g/mol. The summed E-state index contributed by atoms with van der Waals surface area (Å²) < 4.78 is 2.35. The summed E-state index contributed by atoms with van der Waals surface area (Å²) in [4.78, 5) is 9.40. The van der Waals surface area contributed by atoms with Gasteiger partial charge in [0.2, 0.25) is 0 Å². The highest BCUT2D eigenvalue weighted by Gasteiger charge is 2.54. The minimum Gasteiger partial charge on any atom is -0.312 e. The Bertz CT molecular complexity index is 653. The van der Waals surface area contributed by atoms with Gasteiger partial charge in [-0.25, -0.2) is 9.97 Å². The van der Waals surface area contributed by atoms with Crippen LogP contribution >= 0.6 is 11.6 Å². The first-order valence-corrected chi connectivity index (χ1v) is 8.13. The van der Waals surface area contributed by atoms with Gasteiger partial charge in [-0.2, -0.15) is 0 Å². The van der Waals surface area contributed by atoms with Crippen molar-refractivity contribution in [2.45, 2.75) is 45.6 Å². The lowest BCUT2D eigenvalue weighted by Gasteiger charge is -2.17. The van der Waals surface area contributed by atoms with Crippen molar-refractivity contribution in [3.8, 4) is 0 Å². The molecule has 3 nitrogen and oxygen atoms in total. The fourth-order valence-corrected chi connectivity index (χ4v) is 3.64. The highest BCUT2D eigenvalue weighted by atomic mass is 35.5. The van der Waals surface area contributed by atoms with Gasteiger partial charge in [0.25, 0.3) is 0 Å². The molecule has 20 heavy (non-hydrogen) atoms. The van der Waals surface area contributed by atoms with E-state index in [4.69, 9.17) is 16.6 Å². The summed E-state index contributed by atoms with van der Waals surface area (Å²) in [5, 5.41) is 0. The Hall–Kier alpha value is -1.09. The van der Waals surface area contributed by atoms with E-state index in [1.54, 1.807) is 0 Å². The molecule has 0 unspecified atom stereocenters. The third kappa shape index (κ3) is 2.03. The molecule has 0 aromatic carbocycles. The van der Waals surface area contributed by atoms with Crippen LogP contribution in [0.4, 0.5) is 0 Å². The van der Waals surface area contributed by atoms with E-state index < -0.39 is 0 Å². The van der Waals surface area contributed by atoms with Gasteiger partial charge >= 0.3 is 0 Å². The van der Waals surface area contributed by atoms with Gasteiger partial charge in [0.05, 0.1) is 0 Å². The van der Waals surface area contributed by atoms with Gasteiger partial charge in [-0.3, -0.25) is 0 Å². The minimum absolute atomic E-state index is 0.557. The van der Waals surface area contributed by atoms with Crippen molar-refractivity contribution in [1.82, 2.24) is 14.5 Å². The number of pyridine rings is 1. The third-order valence-electron chi connectivity index (χ3n) is 4.93. The summed E-state index contributed by atoms with van der Waals surface area (Å²) in [7, 11) is 0. The average molecular weight is 290 g/mol. The molecule has 4 rings (SSSR count). The number of fused-ring (bicyclic) bond motifs is 1. The number of nitrogens with zero attached hydrogens (tertiary/aromatic N) is 3. The maximum Gasteiger partial charge on any atom is 0.160 e. The molecule has 4 heteroatoms. The molecule has 0 bridgehead atoms.